The molecule has 0 fully saturated rings. The van der Waals surface area contributed by atoms with Crippen LogP contribution in [0.3, 0.4) is 0 Å². The quantitative estimate of drug-likeness (QED) is 0.813. The van der Waals surface area contributed by atoms with Crippen LogP contribution in [-0.2, 0) is 6.54 Å². The highest BCUT2D eigenvalue weighted by Gasteiger charge is 2.07. The Morgan fingerprint density at radius 1 is 1.28 bits per heavy atom. The zero-order valence-corrected chi connectivity index (χ0v) is 11.1. The predicted molar refractivity (Wildman–Crippen MR) is 70.8 cm³/mol. The molecule has 18 heavy (non-hydrogen) atoms. The van der Waals surface area contributed by atoms with E-state index >= 15 is 0 Å². The third kappa shape index (κ3) is 2.88. The van der Waals surface area contributed by atoms with Crippen LogP contribution in [0.15, 0.2) is 30.7 Å². The maximum atomic E-state index is 5.38. The van der Waals surface area contributed by atoms with Crippen LogP contribution in [0.1, 0.15) is 38.2 Å². The summed E-state index contributed by atoms with van der Waals surface area (Å²) in [4.78, 5) is 8.77. The van der Waals surface area contributed by atoms with Crippen molar-refractivity contribution < 1.29 is 4.74 Å². The van der Waals surface area contributed by atoms with Crippen molar-refractivity contribution in [2.45, 2.75) is 33.2 Å². The van der Waals surface area contributed by atoms with Crippen LogP contribution in [0, 0.1) is 0 Å². The van der Waals surface area contributed by atoms with E-state index in [0.717, 1.165) is 23.8 Å². The molecule has 2 rings (SSSR count). The molecule has 0 atom stereocenters. The summed E-state index contributed by atoms with van der Waals surface area (Å²) in [6, 6.07) is 3.95. The number of nitrogens with zero attached hydrogens (tertiary/aromatic N) is 3. The summed E-state index contributed by atoms with van der Waals surface area (Å²) in [6.07, 6.45) is 5.60. The van der Waals surface area contributed by atoms with Gasteiger partial charge in [-0.15, -0.1) is 0 Å². The Bertz CT molecular complexity index is 488. The molecule has 0 N–H and O–H groups in total. The van der Waals surface area contributed by atoms with Crippen molar-refractivity contribution >= 4 is 0 Å². The highest BCUT2D eigenvalue weighted by atomic mass is 16.5. The van der Waals surface area contributed by atoms with Crippen LogP contribution >= 0.6 is 0 Å². The monoisotopic (exact) mass is 245 g/mol. The number of aromatic nitrogens is 3. The van der Waals surface area contributed by atoms with Gasteiger partial charge in [0.15, 0.2) is 0 Å². The molecule has 2 heterocycles. The van der Waals surface area contributed by atoms with Gasteiger partial charge in [0.1, 0.15) is 11.6 Å². The van der Waals surface area contributed by atoms with Gasteiger partial charge in [-0.1, -0.05) is 13.8 Å². The van der Waals surface area contributed by atoms with E-state index in [-0.39, 0.29) is 0 Å². The van der Waals surface area contributed by atoms with E-state index in [4.69, 9.17) is 4.74 Å². The van der Waals surface area contributed by atoms with Crippen molar-refractivity contribution in [3.8, 4) is 5.75 Å². The smallest absolute Gasteiger partial charge is 0.137 e. The van der Waals surface area contributed by atoms with Gasteiger partial charge in [-0.2, -0.15) is 0 Å². The van der Waals surface area contributed by atoms with Crippen LogP contribution in [0.4, 0.5) is 0 Å². The summed E-state index contributed by atoms with van der Waals surface area (Å²) < 4.78 is 7.51. The molecule has 0 radical (unpaired) electrons. The van der Waals surface area contributed by atoms with Crippen LogP contribution in [-0.4, -0.2) is 21.1 Å². The van der Waals surface area contributed by atoms with Crippen molar-refractivity contribution in [2.75, 3.05) is 6.61 Å². The number of ether oxygens (including phenoxy) is 1. The summed E-state index contributed by atoms with van der Waals surface area (Å²) >= 11 is 0. The lowest BCUT2D eigenvalue weighted by Crippen LogP contribution is -2.07. The van der Waals surface area contributed by atoms with E-state index in [0.29, 0.717) is 12.5 Å². The van der Waals surface area contributed by atoms with Gasteiger partial charge in [0.2, 0.25) is 0 Å². The first kappa shape index (κ1) is 12.6. The standard InChI is InChI=1S/C14H19N3O/c1-4-18-13-6-5-12(16-9-13)10-17-8-7-15-14(17)11(2)3/h5-9,11H,4,10H2,1-3H3. The van der Waals surface area contributed by atoms with Crippen LogP contribution in [0.2, 0.25) is 0 Å². The molecule has 0 saturated carbocycles. The van der Waals surface area contributed by atoms with Gasteiger partial charge in [-0.3, -0.25) is 4.98 Å². The largest absolute Gasteiger partial charge is 0.492 e. The normalized spacial score (nSPS) is 10.9. The van der Waals surface area contributed by atoms with E-state index in [1.165, 1.54) is 0 Å². The second-order valence-electron chi connectivity index (χ2n) is 4.49. The van der Waals surface area contributed by atoms with Gasteiger partial charge in [-0.25, -0.2) is 4.98 Å². The van der Waals surface area contributed by atoms with Gasteiger partial charge in [0, 0.05) is 18.3 Å². The molecule has 0 aromatic carbocycles. The van der Waals surface area contributed by atoms with Crippen molar-refractivity contribution in [3.63, 3.8) is 0 Å². The molecule has 0 amide bonds. The van der Waals surface area contributed by atoms with Gasteiger partial charge >= 0.3 is 0 Å². The number of hydrogen-bond acceptors (Lipinski definition) is 3. The lowest BCUT2D eigenvalue weighted by molar-refractivity contribution is 0.338. The Kier molecular flexibility index (Phi) is 3.97. The summed E-state index contributed by atoms with van der Waals surface area (Å²) in [6.45, 7) is 7.67. The van der Waals surface area contributed by atoms with Crippen LogP contribution < -0.4 is 4.74 Å². The van der Waals surface area contributed by atoms with Gasteiger partial charge < -0.3 is 9.30 Å². The molecule has 4 nitrogen and oxygen atoms in total. The molecular weight excluding hydrogens is 226 g/mol. The van der Waals surface area contributed by atoms with Crippen molar-refractivity contribution in [2.24, 2.45) is 0 Å². The fraction of sp³-hybridized carbons (Fsp3) is 0.429. The molecule has 2 aromatic heterocycles. The summed E-state index contributed by atoms with van der Waals surface area (Å²) in [7, 11) is 0. The van der Waals surface area contributed by atoms with Gasteiger partial charge in [0.05, 0.1) is 25.0 Å². The minimum absolute atomic E-state index is 0.419. The molecule has 96 valence electrons. The average Bonchev–Trinajstić information content (AvgIpc) is 2.80. The topological polar surface area (TPSA) is 39.9 Å². The molecule has 0 aliphatic rings. The number of pyridine rings is 1. The summed E-state index contributed by atoms with van der Waals surface area (Å²) in [5.41, 5.74) is 1.01. The molecule has 0 unspecified atom stereocenters. The zero-order chi connectivity index (χ0) is 13.0. The predicted octanol–water partition coefficient (Wildman–Crippen LogP) is 2.85. The maximum absolute atomic E-state index is 5.38. The third-order valence-corrected chi connectivity index (χ3v) is 2.71. The molecular formula is C14H19N3O. The first-order chi connectivity index (χ1) is 8.70. The third-order valence-electron chi connectivity index (χ3n) is 2.71. The molecule has 0 aliphatic heterocycles. The van der Waals surface area contributed by atoms with Crippen molar-refractivity contribution in [1.82, 2.24) is 14.5 Å². The highest BCUT2D eigenvalue weighted by Crippen LogP contribution is 2.14. The molecule has 2 aromatic rings. The molecule has 0 aliphatic carbocycles. The molecule has 4 heteroatoms. The lowest BCUT2D eigenvalue weighted by atomic mass is 10.2. The minimum Gasteiger partial charge on any atom is -0.492 e. The molecule has 0 spiro atoms. The van der Waals surface area contributed by atoms with Gasteiger partial charge in [0.25, 0.3) is 0 Å². The van der Waals surface area contributed by atoms with E-state index in [1.807, 2.05) is 31.5 Å². The number of imidazole rings is 1. The van der Waals surface area contributed by atoms with Crippen molar-refractivity contribution in [1.29, 1.82) is 0 Å². The second-order valence-corrected chi connectivity index (χ2v) is 4.49. The fourth-order valence-corrected chi connectivity index (χ4v) is 1.89. The van der Waals surface area contributed by atoms with Crippen molar-refractivity contribution in [3.05, 3.63) is 42.2 Å². The SMILES string of the molecule is CCOc1ccc(Cn2ccnc2C(C)C)nc1. The molecule has 0 saturated heterocycles. The Labute approximate surface area is 108 Å². The van der Waals surface area contributed by atoms with Gasteiger partial charge in [-0.05, 0) is 19.1 Å². The fourth-order valence-electron chi connectivity index (χ4n) is 1.89. The first-order valence-electron chi connectivity index (χ1n) is 6.29. The summed E-state index contributed by atoms with van der Waals surface area (Å²) in [5.74, 6) is 2.32. The maximum Gasteiger partial charge on any atom is 0.137 e. The minimum atomic E-state index is 0.419. The van der Waals surface area contributed by atoms with E-state index in [9.17, 15) is 0 Å². The Balaban J connectivity index is 2.11. The number of hydrogen-bond donors (Lipinski definition) is 0. The van der Waals surface area contributed by atoms with Crippen LogP contribution in [0.25, 0.3) is 0 Å². The van der Waals surface area contributed by atoms with E-state index in [1.54, 1.807) is 6.20 Å². The number of rotatable bonds is 5. The molecule has 0 bridgehead atoms. The van der Waals surface area contributed by atoms with E-state index < -0.39 is 0 Å². The highest BCUT2D eigenvalue weighted by molar-refractivity contribution is 5.20. The summed E-state index contributed by atoms with van der Waals surface area (Å²) in [5, 5.41) is 0. The van der Waals surface area contributed by atoms with E-state index in [2.05, 4.69) is 28.4 Å². The Morgan fingerprint density at radius 2 is 2.11 bits per heavy atom. The second kappa shape index (κ2) is 5.67. The Hall–Kier alpha value is -1.84. The Morgan fingerprint density at radius 3 is 2.72 bits per heavy atom. The first-order valence-corrected chi connectivity index (χ1v) is 6.29. The van der Waals surface area contributed by atoms with Crippen LogP contribution in [0.5, 0.6) is 5.75 Å². The average molecular weight is 245 g/mol. The lowest BCUT2D eigenvalue weighted by Gasteiger charge is -2.10. The zero-order valence-electron chi connectivity index (χ0n) is 11.1.